The van der Waals surface area contributed by atoms with Gasteiger partial charge in [-0.2, -0.15) is 0 Å². The summed E-state index contributed by atoms with van der Waals surface area (Å²) in [6.07, 6.45) is 1.19. The third kappa shape index (κ3) is 2.41. The molecular formula is C16H23FN2. The highest BCUT2D eigenvalue weighted by Gasteiger charge is 2.42. The molecule has 0 aliphatic carbocycles. The molecule has 0 spiro atoms. The quantitative estimate of drug-likeness (QED) is 0.900. The number of nitrogens with zero attached hydrogens (tertiary/aromatic N) is 1. The average molecular weight is 262 g/mol. The molecular weight excluding hydrogens is 239 g/mol. The second-order valence-electron chi connectivity index (χ2n) is 6.07. The molecule has 0 aromatic heterocycles. The highest BCUT2D eigenvalue weighted by molar-refractivity contribution is 5.23. The predicted molar refractivity (Wildman–Crippen MR) is 75.5 cm³/mol. The first-order chi connectivity index (χ1) is 9.19. The molecule has 104 valence electrons. The van der Waals surface area contributed by atoms with E-state index in [1.165, 1.54) is 6.42 Å². The number of hydrogen-bond acceptors (Lipinski definition) is 2. The Morgan fingerprint density at radius 2 is 2.21 bits per heavy atom. The smallest absolute Gasteiger partial charge is 0.126 e. The van der Waals surface area contributed by atoms with Gasteiger partial charge in [0.15, 0.2) is 0 Å². The monoisotopic (exact) mass is 262 g/mol. The Morgan fingerprint density at radius 1 is 1.37 bits per heavy atom. The molecule has 1 N–H and O–H groups in total. The molecule has 0 bridgehead atoms. The molecule has 0 radical (unpaired) electrons. The largest absolute Gasteiger partial charge is 0.316 e. The van der Waals surface area contributed by atoms with E-state index in [4.69, 9.17) is 0 Å². The Labute approximate surface area is 115 Å². The first kappa shape index (κ1) is 13.1. The fraction of sp³-hybridized carbons (Fsp3) is 0.625. The van der Waals surface area contributed by atoms with E-state index in [9.17, 15) is 4.39 Å². The van der Waals surface area contributed by atoms with Gasteiger partial charge < -0.3 is 5.32 Å². The van der Waals surface area contributed by atoms with Gasteiger partial charge in [0.1, 0.15) is 5.82 Å². The zero-order valence-corrected chi connectivity index (χ0v) is 11.8. The van der Waals surface area contributed by atoms with Gasteiger partial charge in [0, 0.05) is 19.1 Å². The van der Waals surface area contributed by atoms with Crippen molar-refractivity contribution in [1.29, 1.82) is 0 Å². The van der Waals surface area contributed by atoms with E-state index in [1.54, 1.807) is 6.07 Å². The minimum atomic E-state index is -0.0772. The van der Waals surface area contributed by atoms with E-state index >= 15 is 0 Å². The van der Waals surface area contributed by atoms with Gasteiger partial charge in [-0.25, -0.2) is 4.39 Å². The predicted octanol–water partition coefficient (Wildman–Crippen LogP) is 2.56. The number of halogens is 1. The summed E-state index contributed by atoms with van der Waals surface area (Å²) in [5, 5.41) is 3.50. The topological polar surface area (TPSA) is 15.3 Å². The highest BCUT2D eigenvalue weighted by Crippen LogP contribution is 2.35. The van der Waals surface area contributed by atoms with Gasteiger partial charge in [-0.3, -0.25) is 4.90 Å². The number of hydrogen-bond donors (Lipinski definition) is 1. The molecule has 3 rings (SSSR count). The molecule has 1 aromatic rings. The van der Waals surface area contributed by atoms with Gasteiger partial charge in [0.05, 0.1) is 0 Å². The van der Waals surface area contributed by atoms with Crippen LogP contribution in [0.1, 0.15) is 24.5 Å². The molecule has 2 heterocycles. The van der Waals surface area contributed by atoms with Crippen LogP contribution in [0.4, 0.5) is 4.39 Å². The summed E-state index contributed by atoms with van der Waals surface area (Å²) in [5.41, 5.74) is 1.84. The summed E-state index contributed by atoms with van der Waals surface area (Å²) in [5.74, 6) is 1.51. The number of likely N-dealkylation sites (tertiary alicyclic amines) is 1. The molecule has 3 unspecified atom stereocenters. The summed E-state index contributed by atoms with van der Waals surface area (Å²) < 4.78 is 13.6. The van der Waals surface area contributed by atoms with Crippen molar-refractivity contribution >= 4 is 0 Å². The van der Waals surface area contributed by atoms with Crippen LogP contribution in [0.15, 0.2) is 18.2 Å². The number of rotatable bonds is 3. The van der Waals surface area contributed by atoms with Crippen LogP contribution < -0.4 is 5.32 Å². The van der Waals surface area contributed by atoms with E-state index in [0.717, 1.165) is 49.1 Å². The van der Waals surface area contributed by atoms with Crippen LogP contribution in [0.3, 0.4) is 0 Å². The molecule has 3 atom stereocenters. The van der Waals surface area contributed by atoms with Gasteiger partial charge in [-0.05, 0) is 55.5 Å². The Bertz CT molecular complexity index is 460. The number of benzene rings is 1. The van der Waals surface area contributed by atoms with E-state index < -0.39 is 0 Å². The summed E-state index contributed by atoms with van der Waals surface area (Å²) in [4.78, 5) is 2.56. The first-order valence-corrected chi connectivity index (χ1v) is 7.39. The SMILES string of the molecule is CCC1C2CNCC2CN1Cc1ccc(C)c(F)c1. The van der Waals surface area contributed by atoms with E-state index in [2.05, 4.69) is 23.2 Å². The van der Waals surface area contributed by atoms with Crippen LogP contribution in [-0.2, 0) is 6.54 Å². The third-order valence-corrected chi connectivity index (χ3v) is 4.86. The summed E-state index contributed by atoms with van der Waals surface area (Å²) in [6.45, 7) is 8.45. The van der Waals surface area contributed by atoms with Crippen molar-refractivity contribution in [1.82, 2.24) is 10.2 Å². The summed E-state index contributed by atoms with van der Waals surface area (Å²) in [6, 6.07) is 6.32. The van der Waals surface area contributed by atoms with Gasteiger partial charge >= 0.3 is 0 Å². The Balaban J connectivity index is 1.74. The van der Waals surface area contributed by atoms with Crippen molar-refractivity contribution in [3.63, 3.8) is 0 Å². The molecule has 0 saturated carbocycles. The van der Waals surface area contributed by atoms with Crippen molar-refractivity contribution in [3.8, 4) is 0 Å². The lowest BCUT2D eigenvalue weighted by Gasteiger charge is -2.26. The van der Waals surface area contributed by atoms with Gasteiger partial charge in [0.2, 0.25) is 0 Å². The molecule has 2 aliphatic rings. The van der Waals surface area contributed by atoms with Crippen LogP contribution in [0, 0.1) is 24.6 Å². The van der Waals surface area contributed by atoms with Crippen molar-refractivity contribution < 1.29 is 4.39 Å². The molecule has 19 heavy (non-hydrogen) atoms. The first-order valence-electron chi connectivity index (χ1n) is 7.39. The minimum Gasteiger partial charge on any atom is -0.316 e. The van der Waals surface area contributed by atoms with Crippen molar-refractivity contribution in [3.05, 3.63) is 35.1 Å². The summed E-state index contributed by atoms with van der Waals surface area (Å²) >= 11 is 0. The van der Waals surface area contributed by atoms with Crippen LogP contribution in [-0.4, -0.2) is 30.6 Å². The highest BCUT2D eigenvalue weighted by atomic mass is 19.1. The maximum absolute atomic E-state index is 13.6. The van der Waals surface area contributed by atoms with Crippen molar-refractivity contribution in [2.45, 2.75) is 32.9 Å². The number of aryl methyl sites for hydroxylation is 1. The second kappa shape index (κ2) is 5.22. The molecule has 2 saturated heterocycles. The molecule has 2 nitrogen and oxygen atoms in total. The summed E-state index contributed by atoms with van der Waals surface area (Å²) in [7, 11) is 0. The molecule has 1 aromatic carbocycles. The molecule has 3 heteroatoms. The van der Waals surface area contributed by atoms with Gasteiger partial charge in [0.25, 0.3) is 0 Å². The fourth-order valence-electron chi connectivity index (χ4n) is 3.82. The maximum Gasteiger partial charge on any atom is 0.126 e. The van der Waals surface area contributed by atoms with Crippen molar-refractivity contribution in [2.75, 3.05) is 19.6 Å². The second-order valence-corrected chi connectivity index (χ2v) is 6.07. The van der Waals surface area contributed by atoms with Crippen LogP contribution in [0.5, 0.6) is 0 Å². The van der Waals surface area contributed by atoms with E-state index in [-0.39, 0.29) is 5.82 Å². The molecule has 2 aliphatic heterocycles. The number of fused-ring (bicyclic) bond motifs is 1. The number of nitrogens with one attached hydrogen (secondary N) is 1. The Kier molecular flexibility index (Phi) is 3.59. The van der Waals surface area contributed by atoms with E-state index in [1.807, 2.05) is 13.0 Å². The fourth-order valence-corrected chi connectivity index (χ4v) is 3.82. The van der Waals surface area contributed by atoms with E-state index in [0.29, 0.717) is 6.04 Å². The Hall–Kier alpha value is -0.930. The average Bonchev–Trinajstić information content (AvgIpc) is 2.94. The van der Waals surface area contributed by atoms with Crippen LogP contribution in [0.2, 0.25) is 0 Å². The zero-order chi connectivity index (χ0) is 13.4. The standard InChI is InChI=1S/C16H23FN2/c1-3-16-14-8-18-7-13(14)10-19(16)9-12-5-4-11(2)15(17)6-12/h4-6,13-14,16,18H,3,7-10H2,1-2H3. The molecule has 0 amide bonds. The van der Waals surface area contributed by atoms with Crippen LogP contribution in [0.25, 0.3) is 0 Å². The Morgan fingerprint density at radius 3 is 2.95 bits per heavy atom. The third-order valence-electron chi connectivity index (χ3n) is 4.86. The molecule has 2 fully saturated rings. The van der Waals surface area contributed by atoms with Gasteiger partial charge in [-0.15, -0.1) is 0 Å². The van der Waals surface area contributed by atoms with Crippen molar-refractivity contribution in [2.24, 2.45) is 11.8 Å². The maximum atomic E-state index is 13.6. The lowest BCUT2D eigenvalue weighted by atomic mass is 9.93. The van der Waals surface area contributed by atoms with Crippen LogP contribution >= 0.6 is 0 Å². The lowest BCUT2D eigenvalue weighted by molar-refractivity contribution is 0.210. The van der Waals surface area contributed by atoms with Gasteiger partial charge in [-0.1, -0.05) is 19.1 Å². The zero-order valence-electron chi connectivity index (χ0n) is 11.8. The normalized spacial score (nSPS) is 30.8. The minimum absolute atomic E-state index is 0.0772. The lowest BCUT2D eigenvalue weighted by Crippen LogP contribution is -2.34.